The normalized spacial score (nSPS) is 38.0. The fourth-order valence-electron chi connectivity index (χ4n) is 10.1. The summed E-state index contributed by atoms with van der Waals surface area (Å²) in [7, 11) is 0. The van der Waals surface area contributed by atoms with Gasteiger partial charge in [-0.25, -0.2) is 0 Å². The number of allylic oxidation sites excluding steroid dienone is 1. The van der Waals surface area contributed by atoms with Gasteiger partial charge in [0.25, 0.3) is 0 Å². The van der Waals surface area contributed by atoms with Crippen LogP contribution in [0.1, 0.15) is 153 Å². The van der Waals surface area contributed by atoms with Gasteiger partial charge in [-0.3, -0.25) is 0 Å². The first kappa shape index (κ1) is 39.6. The smallest absolute Gasteiger partial charge is 0.0555 e. The van der Waals surface area contributed by atoms with Crippen molar-refractivity contribution in [1.29, 1.82) is 0 Å². The topological polar surface area (TPSA) is 52.5 Å². The maximum Gasteiger partial charge on any atom is 0.0555 e. The van der Waals surface area contributed by atoms with Crippen molar-refractivity contribution in [3.05, 3.63) is 12.7 Å². The van der Waals surface area contributed by atoms with Crippen LogP contribution in [0.15, 0.2) is 12.7 Å². The molecule has 3 N–H and O–H groups in total. The Bertz CT molecular complexity index is 650. The Morgan fingerprint density at radius 1 is 0.925 bits per heavy atom. The quantitative estimate of drug-likeness (QED) is 0.203. The molecule has 0 aromatic carbocycles. The summed E-state index contributed by atoms with van der Waals surface area (Å²) in [6.07, 6.45) is 17.9. The van der Waals surface area contributed by atoms with E-state index in [1.54, 1.807) is 6.08 Å². The molecule has 4 rings (SSSR count). The molecule has 4 saturated carbocycles. The third-order valence-electron chi connectivity index (χ3n) is 11.5. The first-order chi connectivity index (χ1) is 19.2. The fourth-order valence-corrected chi connectivity index (χ4v) is 10.1. The lowest BCUT2D eigenvalue weighted by atomic mass is 9.39. The van der Waals surface area contributed by atoms with Crippen molar-refractivity contribution in [1.82, 2.24) is 5.32 Å². The van der Waals surface area contributed by atoms with E-state index < -0.39 is 0 Å². The highest BCUT2D eigenvalue weighted by Crippen LogP contribution is 2.70. The van der Waals surface area contributed by atoms with E-state index >= 15 is 0 Å². The molecule has 0 spiro atoms. The van der Waals surface area contributed by atoms with Crippen molar-refractivity contribution in [2.45, 2.75) is 159 Å². The number of fused-ring (bicyclic) bond motifs is 5. The third kappa shape index (κ3) is 8.82. The van der Waals surface area contributed by atoms with Crippen molar-refractivity contribution in [2.75, 3.05) is 19.7 Å². The summed E-state index contributed by atoms with van der Waals surface area (Å²) in [4.78, 5) is 0. The maximum absolute atomic E-state index is 10.1. The van der Waals surface area contributed by atoms with Crippen LogP contribution < -0.4 is 5.32 Å². The van der Waals surface area contributed by atoms with Gasteiger partial charge in [0.1, 0.15) is 0 Å². The lowest BCUT2D eigenvalue weighted by molar-refractivity contribution is -0.169. The zero-order chi connectivity index (χ0) is 31.0. The van der Waals surface area contributed by atoms with E-state index in [1.165, 1.54) is 70.6 Å². The van der Waals surface area contributed by atoms with Gasteiger partial charge in [-0.05, 0) is 124 Å². The van der Waals surface area contributed by atoms with Crippen molar-refractivity contribution >= 4 is 0 Å². The Morgan fingerprint density at radius 3 is 2.10 bits per heavy atom. The van der Waals surface area contributed by atoms with E-state index in [-0.39, 0.29) is 12.7 Å². The lowest BCUT2D eigenvalue weighted by Gasteiger charge is -2.66. The average molecular weight is 566 g/mol. The number of hydrogen-bond donors (Lipinski definition) is 3. The van der Waals surface area contributed by atoms with Gasteiger partial charge in [0.15, 0.2) is 0 Å². The van der Waals surface area contributed by atoms with Crippen LogP contribution in [0, 0.1) is 45.8 Å². The minimum absolute atomic E-state index is 0.168. The molecule has 0 aromatic heterocycles. The summed E-state index contributed by atoms with van der Waals surface area (Å²) in [5.41, 5.74) is 1.40. The first-order valence-corrected chi connectivity index (χ1v) is 17.8. The highest BCUT2D eigenvalue weighted by Gasteiger charge is 2.62. The number of aliphatic hydroxyl groups is 2. The molecule has 4 fully saturated rings. The van der Waals surface area contributed by atoms with Crippen molar-refractivity contribution in [3.63, 3.8) is 0 Å². The summed E-state index contributed by atoms with van der Waals surface area (Å²) in [5.74, 6) is 4.40. The second kappa shape index (κ2) is 19.7. The number of rotatable bonds is 8. The third-order valence-corrected chi connectivity index (χ3v) is 11.5. The van der Waals surface area contributed by atoms with Gasteiger partial charge >= 0.3 is 0 Å². The standard InChI is InChI=1S/C28H51NO2.C3H6.3C2H6/c1-5-21-11-15-27(4)23-12-16-28(19-29-17-18-30)13-6-7-24(28)22(23)8-9-25(27)26(21,3)14-10-20(2)31;1-3-2;3*1-2/h20-25,29-31H,5-19H2,1-4H3;3H,1H2,2H3;3*1-2H3. The molecule has 4 aliphatic carbocycles. The number of hydrogen-bond acceptors (Lipinski definition) is 3. The minimum atomic E-state index is -0.168. The summed E-state index contributed by atoms with van der Waals surface area (Å²) < 4.78 is 0. The van der Waals surface area contributed by atoms with Crippen LogP contribution in [0.5, 0.6) is 0 Å². The fraction of sp³-hybridized carbons (Fsp3) is 0.946. The van der Waals surface area contributed by atoms with Gasteiger partial charge in [-0.2, -0.15) is 0 Å². The van der Waals surface area contributed by atoms with Gasteiger partial charge in [-0.1, -0.05) is 81.2 Å². The van der Waals surface area contributed by atoms with Gasteiger partial charge in [0, 0.05) is 13.1 Å². The Morgan fingerprint density at radius 2 is 1.55 bits per heavy atom. The second-order valence-corrected chi connectivity index (χ2v) is 13.2. The van der Waals surface area contributed by atoms with Crippen LogP contribution in [0.4, 0.5) is 0 Å². The molecular weight excluding hydrogens is 490 g/mol. The predicted molar refractivity (Wildman–Crippen MR) is 179 cm³/mol. The summed E-state index contributed by atoms with van der Waals surface area (Å²) in [6, 6.07) is 0. The van der Waals surface area contributed by atoms with Crippen molar-refractivity contribution < 1.29 is 10.2 Å². The molecule has 9 unspecified atom stereocenters. The Balaban J connectivity index is 0.00000153. The molecule has 0 bridgehead atoms. The molecule has 4 aliphatic rings. The van der Waals surface area contributed by atoms with E-state index in [9.17, 15) is 10.2 Å². The van der Waals surface area contributed by atoms with Crippen LogP contribution >= 0.6 is 0 Å². The molecule has 240 valence electrons. The van der Waals surface area contributed by atoms with Crippen LogP contribution in [0.25, 0.3) is 0 Å². The van der Waals surface area contributed by atoms with E-state index in [2.05, 4.69) is 32.7 Å². The average Bonchev–Trinajstić information content (AvgIpc) is 3.40. The molecule has 3 nitrogen and oxygen atoms in total. The zero-order valence-corrected chi connectivity index (χ0v) is 29.2. The molecule has 9 atom stereocenters. The molecule has 0 aliphatic heterocycles. The number of nitrogens with one attached hydrogen (secondary N) is 1. The maximum atomic E-state index is 10.1. The second-order valence-electron chi connectivity index (χ2n) is 13.2. The minimum Gasteiger partial charge on any atom is -0.395 e. The molecule has 40 heavy (non-hydrogen) atoms. The Hall–Kier alpha value is -0.380. The van der Waals surface area contributed by atoms with Crippen LogP contribution in [0.3, 0.4) is 0 Å². The van der Waals surface area contributed by atoms with Crippen molar-refractivity contribution in [2.24, 2.45) is 45.8 Å². The largest absolute Gasteiger partial charge is 0.395 e. The van der Waals surface area contributed by atoms with E-state index in [0.29, 0.717) is 16.2 Å². The molecule has 0 saturated heterocycles. The summed E-state index contributed by atoms with van der Waals surface area (Å²) in [5, 5.41) is 23.0. The Labute approximate surface area is 252 Å². The van der Waals surface area contributed by atoms with E-state index in [1.807, 2.05) is 55.4 Å². The molecule has 3 heteroatoms. The monoisotopic (exact) mass is 566 g/mol. The first-order valence-electron chi connectivity index (χ1n) is 17.8. The van der Waals surface area contributed by atoms with Gasteiger partial charge < -0.3 is 15.5 Å². The molecular formula is C37H75NO2. The van der Waals surface area contributed by atoms with E-state index in [4.69, 9.17) is 0 Å². The molecule has 0 heterocycles. The lowest BCUT2D eigenvalue weighted by Crippen LogP contribution is -2.59. The van der Waals surface area contributed by atoms with Gasteiger partial charge in [-0.15, -0.1) is 6.58 Å². The van der Waals surface area contributed by atoms with Gasteiger partial charge in [0.05, 0.1) is 12.7 Å². The molecule has 0 amide bonds. The van der Waals surface area contributed by atoms with Crippen LogP contribution in [-0.2, 0) is 0 Å². The summed E-state index contributed by atoms with van der Waals surface area (Å²) in [6.45, 7) is 29.1. The predicted octanol–water partition coefficient (Wildman–Crippen LogP) is 10.1. The van der Waals surface area contributed by atoms with Crippen LogP contribution in [-0.4, -0.2) is 36.0 Å². The molecule has 0 radical (unpaired) electrons. The van der Waals surface area contributed by atoms with Crippen LogP contribution in [0.2, 0.25) is 0 Å². The highest BCUT2D eigenvalue weighted by molar-refractivity contribution is 5.12. The van der Waals surface area contributed by atoms with Crippen molar-refractivity contribution in [3.8, 4) is 0 Å². The Kier molecular flexibility index (Phi) is 19.6. The van der Waals surface area contributed by atoms with E-state index in [0.717, 1.165) is 49.1 Å². The number of aliphatic hydroxyl groups excluding tert-OH is 2. The highest BCUT2D eigenvalue weighted by atomic mass is 16.3. The zero-order valence-electron chi connectivity index (χ0n) is 29.2. The summed E-state index contributed by atoms with van der Waals surface area (Å²) >= 11 is 0. The SMILES string of the molecule is C=CC.CC.CC.CC.CCC1CCC2(C)C3CCC4(CNCCO)CCCC4C3CCC2C1(C)CCC(C)O. The van der Waals surface area contributed by atoms with Gasteiger partial charge in [0.2, 0.25) is 0 Å². The molecule has 0 aromatic rings.